The minimum absolute atomic E-state index is 0.102. The van der Waals surface area contributed by atoms with Gasteiger partial charge >= 0.3 is 0 Å². The smallest absolute Gasteiger partial charge is 0.205 e. The van der Waals surface area contributed by atoms with Crippen LogP contribution in [0.25, 0.3) is 0 Å². The second kappa shape index (κ2) is 4.52. The fourth-order valence-electron chi connectivity index (χ4n) is 2.91. The molecule has 1 heterocycles. The molecule has 4 nitrogen and oxygen atoms in total. The molecule has 0 amide bonds. The average molecular weight is 260 g/mol. The van der Waals surface area contributed by atoms with Gasteiger partial charge in [-0.25, -0.2) is 4.72 Å². The maximum atomic E-state index is 12.1. The predicted molar refractivity (Wildman–Crippen MR) is 68.8 cm³/mol. The Morgan fingerprint density at radius 1 is 1.35 bits per heavy atom. The third-order valence-corrected chi connectivity index (χ3v) is 5.84. The second-order valence-corrected chi connectivity index (χ2v) is 7.93. The zero-order valence-electron chi connectivity index (χ0n) is 11.1. The van der Waals surface area contributed by atoms with Crippen molar-refractivity contribution in [3.63, 3.8) is 0 Å². The number of hydrogen-bond donors (Lipinski definition) is 1. The van der Waals surface area contributed by atoms with Crippen molar-refractivity contribution < 1.29 is 8.42 Å². The van der Waals surface area contributed by atoms with Crippen LogP contribution in [-0.4, -0.2) is 32.4 Å². The topological polar surface area (TPSA) is 49.4 Å². The molecule has 0 aromatic rings. The molecular formula is C12H24N2O2S. The zero-order chi connectivity index (χ0) is 12.7. The molecule has 5 heteroatoms. The summed E-state index contributed by atoms with van der Waals surface area (Å²) < 4.78 is 28.3. The van der Waals surface area contributed by atoms with Crippen molar-refractivity contribution in [3.05, 3.63) is 0 Å². The molecule has 2 rings (SSSR count). The first-order valence-corrected chi connectivity index (χ1v) is 8.01. The number of nitrogens with zero attached hydrogens (tertiary/aromatic N) is 1. The van der Waals surface area contributed by atoms with Crippen molar-refractivity contribution in [2.75, 3.05) is 13.6 Å². The predicted octanol–water partition coefficient (Wildman–Crippen LogP) is 1.74. The minimum atomic E-state index is -3.28. The summed E-state index contributed by atoms with van der Waals surface area (Å²) in [5.41, 5.74) is 0.102. The summed E-state index contributed by atoms with van der Waals surface area (Å²) in [6, 6.07) is 0.168. The molecule has 0 radical (unpaired) electrons. The molecule has 0 aromatic carbocycles. The molecule has 0 aromatic heterocycles. The molecule has 1 unspecified atom stereocenters. The highest BCUT2D eigenvalue weighted by molar-refractivity contribution is 7.87. The summed E-state index contributed by atoms with van der Waals surface area (Å²) in [7, 11) is -1.77. The number of piperidine rings is 1. The molecule has 17 heavy (non-hydrogen) atoms. The van der Waals surface area contributed by atoms with E-state index in [1.54, 1.807) is 4.31 Å². The van der Waals surface area contributed by atoms with Crippen LogP contribution in [0.3, 0.4) is 0 Å². The Morgan fingerprint density at radius 2 is 2.00 bits per heavy atom. The number of nitrogens with one attached hydrogen (secondary N) is 1. The van der Waals surface area contributed by atoms with Crippen molar-refractivity contribution in [2.45, 2.75) is 52.0 Å². The third kappa shape index (κ3) is 2.83. The molecular weight excluding hydrogens is 236 g/mol. The Balaban J connectivity index is 2.21. The van der Waals surface area contributed by atoms with Crippen LogP contribution < -0.4 is 4.72 Å². The first kappa shape index (κ1) is 13.3. The van der Waals surface area contributed by atoms with Crippen LogP contribution in [0.4, 0.5) is 0 Å². The van der Waals surface area contributed by atoms with Gasteiger partial charge in [0.1, 0.15) is 0 Å². The zero-order valence-corrected chi connectivity index (χ0v) is 11.9. The van der Waals surface area contributed by atoms with Gasteiger partial charge in [0, 0.05) is 19.6 Å². The van der Waals surface area contributed by atoms with Crippen LogP contribution in [0.2, 0.25) is 0 Å². The summed E-state index contributed by atoms with van der Waals surface area (Å²) in [6.07, 6.45) is 5.68. The van der Waals surface area contributed by atoms with Gasteiger partial charge in [0.05, 0.1) is 0 Å². The van der Waals surface area contributed by atoms with Gasteiger partial charge in [-0.3, -0.25) is 0 Å². The molecule has 2 aliphatic rings. The van der Waals surface area contributed by atoms with Crippen molar-refractivity contribution in [3.8, 4) is 0 Å². The summed E-state index contributed by atoms with van der Waals surface area (Å²) in [5, 5.41) is 0. The van der Waals surface area contributed by atoms with Crippen LogP contribution in [0, 0.1) is 11.3 Å². The largest absolute Gasteiger partial charge is 0.279 e. The van der Waals surface area contributed by atoms with Gasteiger partial charge in [-0.05, 0) is 30.6 Å². The van der Waals surface area contributed by atoms with Gasteiger partial charge < -0.3 is 0 Å². The molecule has 1 saturated heterocycles. The van der Waals surface area contributed by atoms with E-state index in [1.165, 1.54) is 19.9 Å². The average Bonchev–Trinajstić information content (AvgIpc) is 3.04. The van der Waals surface area contributed by atoms with E-state index < -0.39 is 10.2 Å². The van der Waals surface area contributed by atoms with Gasteiger partial charge in [-0.15, -0.1) is 0 Å². The Labute approximate surface area is 105 Å². The quantitative estimate of drug-likeness (QED) is 0.837. The highest BCUT2D eigenvalue weighted by Gasteiger charge is 2.44. The third-order valence-electron chi connectivity index (χ3n) is 4.27. The number of rotatable bonds is 4. The fraction of sp³-hybridized carbons (Fsp3) is 1.00. The van der Waals surface area contributed by atoms with Crippen molar-refractivity contribution in [1.29, 1.82) is 0 Å². The van der Waals surface area contributed by atoms with Crippen LogP contribution in [0.5, 0.6) is 0 Å². The summed E-state index contributed by atoms with van der Waals surface area (Å²) >= 11 is 0. The van der Waals surface area contributed by atoms with Gasteiger partial charge in [-0.2, -0.15) is 12.7 Å². The van der Waals surface area contributed by atoms with Gasteiger partial charge in [0.25, 0.3) is 10.2 Å². The van der Waals surface area contributed by atoms with Gasteiger partial charge in [0.15, 0.2) is 0 Å². The lowest BCUT2D eigenvalue weighted by Crippen LogP contribution is -2.55. The summed E-state index contributed by atoms with van der Waals surface area (Å²) in [6.45, 7) is 5.08. The molecule has 2 fully saturated rings. The van der Waals surface area contributed by atoms with E-state index in [2.05, 4.69) is 18.6 Å². The van der Waals surface area contributed by atoms with Gasteiger partial charge in [0.2, 0.25) is 0 Å². The Bertz CT molecular complexity index is 374. The Kier molecular flexibility index (Phi) is 3.54. The van der Waals surface area contributed by atoms with Crippen LogP contribution in [-0.2, 0) is 10.2 Å². The highest BCUT2D eigenvalue weighted by Crippen LogP contribution is 2.44. The first-order chi connectivity index (χ1) is 7.87. The minimum Gasteiger partial charge on any atom is -0.205 e. The highest BCUT2D eigenvalue weighted by atomic mass is 32.2. The molecule has 1 aliphatic heterocycles. The Hall–Kier alpha value is -0.130. The summed E-state index contributed by atoms with van der Waals surface area (Å²) in [5.74, 6) is 0.756. The normalized spacial score (nSPS) is 30.4. The lowest BCUT2D eigenvalue weighted by atomic mass is 9.75. The lowest BCUT2D eigenvalue weighted by molar-refractivity contribution is 0.0886. The summed E-state index contributed by atoms with van der Waals surface area (Å²) in [4.78, 5) is 0. The van der Waals surface area contributed by atoms with Gasteiger partial charge in [-0.1, -0.05) is 26.7 Å². The van der Waals surface area contributed by atoms with Crippen LogP contribution in [0.1, 0.15) is 46.0 Å². The van der Waals surface area contributed by atoms with Crippen molar-refractivity contribution in [1.82, 2.24) is 9.03 Å². The Morgan fingerprint density at radius 3 is 2.53 bits per heavy atom. The van der Waals surface area contributed by atoms with E-state index in [1.807, 2.05) is 0 Å². The molecule has 1 N–H and O–H groups in total. The van der Waals surface area contributed by atoms with E-state index in [-0.39, 0.29) is 11.5 Å². The van der Waals surface area contributed by atoms with E-state index >= 15 is 0 Å². The number of hydrogen-bond acceptors (Lipinski definition) is 2. The van der Waals surface area contributed by atoms with Crippen molar-refractivity contribution >= 4 is 10.2 Å². The molecule has 100 valence electrons. The van der Waals surface area contributed by atoms with Crippen molar-refractivity contribution in [2.24, 2.45) is 11.3 Å². The second-order valence-electron chi connectivity index (χ2n) is 6.11. The molecule has 1 saturated carbocycles. The molecule has 0 spiro atoms. The SMILES string of the molecule is CNS(=O)(=O)N1CCCC(C)(C)C1CC1CC1. The van der Waals surface area contributed by atoms with E-state index in [0.29, 0.717) is 6.54 Å². The standard InChI is InChI=1S/C12H24N2O2S/c1-12(2)7-4-8-14(17(15,16)13-3)11(12)9-10-5-6-10/h10-11,13H,4-9H2,1-3H3. The maximum Gasteiger partial charge on any atom is 0.279 e. The molecule has 1 atom stereocenters. The van der Waals surface area contributed by atoms with Crippen LogP contribution >= 0.6 is 0 Å². The maximum absolute atomic E-state index is 12.1. The molecule has 1 aliphatic carbocycles. The lowest BCUT2D eigenvalue weighted by Gasteiger charge is -2.45. The first-order valence-electron chi connectivity index (χ1n) is 6.57. The molecule has 0 bridgehead atoms. The van der Waals surface area contributed by atoms with E-state index in [9.17, 15) is 8.42 Å². The van der Waals surface area contributed by atoms with E-state index in [0.717, 1.165) is 25.2 Å². The van der Waals surface area contributed by atoms with Crippen LogP contribution in [0.15, 0.2) is 0 Å². The monoisotopic (exact) mass is 260 g/mol. The fourth-order valence-corrected chi connectivity index (χ4v) is 4.22. The van der Waals surface area contributed by atoms with E-state index in [4.69, 9.17) is 0 Å².